The second-order valence-corrected chi connectivity index (χ2v) is 4.16. The van der Waals surface area contributed by atoms with Gasteiger partial charge in [0.2, 0.25) is 11.8 Å². The van der Waals surface area contributed by atoms with Crippen LogP contribution in [0.15, 0.2) is 6.07 Å². The average molecular weight is 251 g/mol. The summed E-state index contributed by atoms with van der Waals surface area (Å²) in [5, 5.41) is 7.63. The van der Waals surface area contributed by atoms with E-state index in [1.807, 2.05) is 4.90 Å². The van der Waals surface area contributed by atoms with Crippen LogP contribution in [0.3, 0.4) is 0 Å². The molecule has 6 nitrogen and oxygen atoms in total. The summed E-state index contributed by atoms with van der Waals surface area (Å²) < 4.78 is 10.1. The summed E-state index contributed by atoms with van der Waals surface area (Å²) in [5.41, 5.74) is 0.409. The molecule has 2 rings (SSSR count). The predicted molar refractivity (Wildman–Crippen MR) is 64.9 cm³/mol. The SMILES string of the molecule is COc1cc(C(=O)N2CCCCC2)c(OC)nn1. The maximum absolute atomic E-state index is 12.4. The summed E-state index contributed by atoms with van der Waals surface area (Å²) >= 11 is 0. The molecule has 2 heterocycles. The summed E-state index contributed by atoms with van der Waals surface area (Å²) in [7, 11) is 2.97. The lowest BCUT2D eigenvalue weighted by Crippen LogP contribution is -2.36. The first-order chi connectivity index (χ1) is 8.76. The Morgan fingerprint density at radius 2 is 1.89 bits per heavy atom. The van der Waals surface area contributed by atoms with Crippen molar-refractivity contribution < 1.29 is 14.3 Å². The highest BCUT2D eigenvalue weighted by Gasteiger charge is 2.23. The zero-order valence-electron chi connectivity index (χ0n) is 10.7. The zero-order valence-corrected chi connectivity index (χ0v) is 10.7. The molecule has 1 amide bonds. The molecule has 1 aromatic heterocycles. The van der Waals surface area contributed by atoms with Gasteiger partial charge in [-0.3, -0.25) is 4.79 Å². The fourth-order valence-corrected chi connectivity index (χ4v) is 2.03. The third-order valence-corrected chi connectivity index (χ3v) is 3.01. The Bertz CT molecular complexity index is 431. The number of aromatic nitrogens is 2. The number of rotatable bonds is 3. The molecule has 6 heteroatoms. The second kappa shape index (κ2) is 5.66. The first kappa shape index (κ1) is 12.6. The summed E-state index contributed by atoms with van der Waals surface area (Å²) in [6.07, 6.45) is 3.27. The first-order valence-electron chi connectivity index (χ1n) is 6.01. The summed E-state index contributed by atoms with van der Waals surface area (Å²) in [6.45, 7) is 1.57. The Kier molecular flexibility index (Phi) is 3.96. The van der Waals surface area contributed by atoms with Crippen LogP contribution in [0.2, 0.25) is 0 Å². The van der Waals surface area contributed by atoms with Gasteiger partial charge in [0.1, 0.15) is 5.56 Å². The number of hydrogen-bond acceptors (Lipinski definition) is 5. The van der Waals surface area contributed by atoms with E-state index < -0.39 is 0 Å². The van der Waals surface area contributed by atoms with Crippen molar-refractivity contribution >= 4 is 5.91 Å². The van der Waals surface area contributed by atoms with Gasteiger partial charge in [0, 0.05) is 19.2 Å². The second-order valence-electron chi connectivity index (χ2n) is 4.16. The van der Waals surface area contributed by atoms with Crippen LogP contribution >= 0.6 is 0 Å². The van der Waals surface area contributed by atoms with Gasteiger partial charge in [-0.05, 0) is 19.3 Å². The van der Waals surface area contributed by atoms with Crippen LogP contribution in [0, 0.1) is 0 Å². The standard InChI is InChI=1S/C12H17N3O3/c1-17-10-8-9(11(18-2)14-13-10)12(16)15-6-4-3-5-7-15/h8H,3-7H2,1-2H3. The van der Waals surface area contributed by atoms with Crippen LogP contribution < -0.4 is 9.47 Å². The first-order valence-corrected chi connectivity index (χ1v) is 6.01. The van der Waals surface area contributed by atoms with E-state index in [0.29, 0.717) is 11.4 Å². The van der Waals surface area contributed by atoms with Gasteiger partial charge in [-0.2, -0.15) is 0 Å². The van der Waals surface area contributed by atoms with E-state index in [9.17, 15) is 4.79 Å². The summed E-state index contributed by atoms with van der Waals surface area (Å²) in [6, 6.07) is 1.57. The third kappa shape index (κ3) is 2.52. The number of piperidine rings is 1. The van der Waals surface area contributed by atoms with Crippen molar-refractivity contribution in [3.8, 4) is 11.8 Å². The lowest BCUT2D eigenvalue weighted by Gasteiger charge is -2.26. The minimum atomic E-state index is -0.0697. The van der Waals surface area contributed by atoms with Gasteiger partial charge in [-0.15, -0.1) is 10.2 Å². The normalized spacial score (nSPS) is 15.3. The van der Waals surface area contributed by atoms with Crippen molar-refractivity contribution in [1.82, 2.24) is 15.1 Å². The molecule has 1 fully saturated rings. The number of carbonyl (C=O) groups is 1. The number of nitrogens with zero attached hydrogens (tertiary/aromatic N) is 3. The number of hydrogen-bond donors (Lipinski definition) is 0. The van der Waals surface area contributed by atoms with E-state index in [4.69, 9.17) is 9.47 Å². The molecule has 0 saturated carbocycles. The van der Waals surface area contributed by atoms with Gasteiger partial charge in [0.05, 0.1) is 14.2 Å². The fraction of sp³-hybridized carbons (Fsp3) is 0.583. The van der Waals surface area contributed by atoms with E-state index in [-0.39, 0.29) is 11.8 Å². The quantitative estimate of drug-likeness (QED) is 0.805. The minimum Gasteiger partial charge on any atom is -0.480 e. The minimum absolute atomic E-state index is 0.0697. The smallest absolute Gasteiger partial charge is 0.259 e. The molecule has 18 heavy (non-hydrogen) atoms. The molecule has 0 N–H and O–H groups in total. The van der Waals surface area contributed by atoms with Gasteiger partial charge in [0.15, 0.2) is 0 Å². The van der Waals surface area contributed by atoms with Crippen molar-refractivity contribution in [1.29, 1.82) is 0 Å². The molecule has 98 valence electrons. The van der Waals surface area contributed by atoms with Crippen molar-refractivity contribution in [2.24, 2.45) is 0 Å². The average Bonchev–Trinajstić information content (AvgIpc) is 2.46. The molecular weight excluding hydrogens is 234 g/mol. The van der Waals surface area contributed by atoms with Gasteiger partial charge in [-0.1, -0.05) is 0 Å². The monoisotopic (exact) mass is 251 g/mol. The molecule has 1 aromatic rings. The molecule has 1 saturated heterocycles. The van der Waals surface area contributed by atoms with Gasteiger partial charge >= 0.3 is 0 Å². The Hall–Kier alpha value is -1.85. The van der Waals surface area contributed by atoms with Crippen LogP contribution in [0.1, 0.15) is 29.6 Å². The van der Waals surface area contributed by atoms with Gasteiger partial charge in [-0.25, -0.2) is 0 Å². The molecule has 0 unspecified atom stereocenters. The Balaban J connectivity index is 2.26. The van der Waals surface area contributed by atoms with Crippen LogP contribution in [0.25, 0.3) is 0 Å². The maximum Gasteiger partial charge on any atom is 0.259 e. The van der Waals surface area contributed by atoms with E-state index in [2.05, 4.69) is 10.2 Å². The van der Waals surface area contributed by atoms with Gasteiger partial charge in [0.25, 0.3) is 5.91 Å². The molecule has 0 atom stereocenters. The largest absolute Gasteiger partial charge is 0.480 e. The highest BCUT2D eigenvalue weighted by Crippen LogP contribution is 2.21. The van der Waals surface area contributed by atoms with E-state index >= 15 is 0 Å². The number of likely N-dealkylation sites (tertiary alicyclic amines) is 1. The molecule has 1 aliphatic rings. The van der Waals surface area contributed by atoms with Crippen molar-refractivity contribution in [3.63, 3.8) is 0 Å². The van der Waals surface area contributed by atoms with Crippen LogP contribution in [0.5, 0.6) is 11.8 Å². The molecule has 0 aromatic carbocycles. The Labute approximate surface area is 106 Å². The lowest BCUT2D eigenvalue weighted by molar-refractivity contribution is 0.0719. The van der Waals surface area contributed by atoms with Crippen molar-refractivity contribution in [2.45, 2.75) is 19.3 Å². The third-order valence-electron chi connectivity index (χ3n) is 3.01. The molecule has 0 spiro atoms. The maximum atomic E-state index is 12.4. The Morgan fingerprint density at radius 1 is 1.17 bits per heavy atom. The molecule has 1 aliphatic heterocycles. The molecule has 0 bridgehead atoms. The predicted octanol–water partition coefficient (Wildman–Crippen LogP) is 1.12. The molecule has 0 aliphatic carbocycles. The van der Waals surface area contributed by atoms with E-state index in [0.717, 1.165) is 25.9 Å². The number of carbonyl (C=O) groups excluding carboxylic acids is 1. The lowest BCUT2D eigenvalue weighted by atomic mass is 10.1. The number of amides is 1. The number of methoxy groups -OCH3 is 2. The van der Waals surface area contributed by atoms with Crippen LogP contribution in [-0.4, -0.2) is 48.3 Å². The van der Waals surface area contributed by atoms with E-state index in [1.54, 1.807) is 6.07 Å². The van der Waals surface area contributed by atoms with Crippen LogP contribution in [0.4, 0.5) is 0 Å². The van der Waals surface area contributed by atoms with Crippen LogP contribution in [-0.2, 0) is 0 Å². The highest BCUT2D eigenvalue weighted by molar-refractivity contribution is 5.96. The van der Waals surface area contributed by atoms with Gasteiger partial charge < -0.3 is 14.4 Å². The highest BCUT2D eigenvalue weighted by atomic mass is 16.5. The van der Waals surface area contributed by atoms with Crippen molar-refractivity contribution in [3.05, 3.63) is 11.6 Å². The molecular formula is C12H17N3O3. The zero-order chi connectivity index (χ0) is 13.0. The fourth-order valence-electron chi connectivity index (χ4n) is 2.03. The summed E-state index contributed by atoms with van der Waals surface area (Å²) in [5.74, 6) is 0.488. The van der Waals surface area contributed by atoms with E-state index in [1.165, 1.54) is 20.6 Å². The molecule has 0 radical (unpaired) electrons. The topological polar surface area (TPSA) is 64.5 Å². The number of ether oxygens (including phenoxy) is 2. The summed E-state index contributed by atoms with van der Waals surface area (Å²) in [4.78, 5) is 14.2. The van der Waals surface area contributed by atoms with Crippen molar-refractivity contribution in [2.75, 3.05) is 27.3 Å². The Morgan fingerprint density at radius 3 is 2.50 bits per heavy atom.